The predicted molar refractivity (Wildman–Crippen MR) is 83.7 cm³/mol. The Hall–Kier alpha value is -1.99. The second-order valence-corrected chi connectivity index (χ2v) is 4.74. The van der Waals surface area contributed by atoms with E-state index >= 15 is 0 Å². The number of nitrogens with two attached hydrogens (primary N) is 1. The lowest BCUT2D eigenvalue weighted by Crippen LogP contribution is -2.32. The summed E-state index contributed by atoms with van der Waals surface area (Å²) in [4.78, 5) is 12.4. The fraction of sp³-hybridized carbons (Fsp3) is 0.0833. The molecule has 0 radical (unpaired) electrons. The first-order chi connectivity index (χ1) is 9.00. The predicted octanol–water partition coefficient (Wildman–Crippen LogP) is 1.36. The van der Waals surface area contributed by atoms with Gasteiger partial charge in [-0.15, -0.1) is 0 Å². The number of aromatic nitrogens is 2. The summed E-state index contributed by atoms with van der Waals surface area (Å²) in [7, 11) is 0. The molecule has 5 nitrogen and oxygen atoms in total. The Morgan fingerprint density at radius 2 is 1.95 bits per heavy atom. The van der Waals surface area contributed by atoms with Crippen LogP contribution in [0.3, 0.4) is 0 Å². The topological polar surface area (TPSA) is 75.8 Å². The van der Waals surface area contributed by atoms with Crippen molar-refractivity contribution in [1.29, 1.82) is 0 Å². The van der Waals surface area contributed by atoms with E-state index in [1.807, 2.05) is 30.3 Å². The van der Waals surface area contributed by atoms with Crippen LogP contribution in [-0.4, -0.2) is 19.9 Å². The highest BCUT2D eigenvalue weighted by atomic mass is 32.1. The van der Waals surface area contributed by atoms with E-state index in [1.165, 1.54) is 0 Å². The van der Waals surface area contributed by atoms with E-state index in [4.69, 9.17) is 30.2 Å². The Labute approximate surface area is 120 Å². The lowest BCUT2D eigenvalue weighted by molar-refractivity contribution is 0.889. The molecular weight excluding hydrogens is 280 g/mol. The summed E-state index contributed by atoms with van der Waals surface area (Å²) >= 11 is 10.0. The molecule has 2 rings (SSSR count). The number of nitrogens with zero attached hydrogens (tertiary/aromatic N) is 1. The normalized spacial score (nSPS) is 10.2. The van der Waals surface area contributed by atoms with Crippen LogP contribution in [-0.2, 0) is 0 Å². The van der Waals surface area contributed by atoms with Gasteiger partial charge in [-0.05, 0) is 31.3 Å². The maximum Gasteiger partial charge on any atom is 0.283 e. The monoisotopic (exact) mass is 292 g/mol. The maximum atomic E-state index is 12.1. The highest BCUT2D eigenvalue weighted by Gasteiger charge is 2.16. The molecular formula is C12H12N4OS2. The van der Waals surface area contributed by atoms with Gasteiger partial charge in [-0.3, -0.25) is 9.89 Å². The molecule has 0 aliphatic carbocycles. The van der Waals surface area contributed by atoms with E-state index in [0.717, 1.165) is 10.4 Å². The average molecular weight is 292 g/mol. The number of para-hydroxylation sites is 1. The van der Waals surface area contributed by atoms with Crippen molar-refractivity contribution in [2.24, 2.45) is 5.73 Å². The minimum Gasteiger partial charge on any atom is -0.374 e. The van der Waals surface area contributed by atoms with Gasteiger partial charge in [0.15, 0.2) is 5.11 Å². The molecule has 0 amide bonds. The minimum absolute atomic E-state index is 0.0399. The fourth-order valence-electron chi connectivity index (χ4n) is 1.68. The summed E-state index contributed by atoms with van der Waals surface area (Å²) in [6.07, 6.45) is 0. The lowest BCUT2D eigenvalue weighted by Gasteiger charge is -2.05. The molecule has 0 spiro atoms. The molecule has 0 saturated heterocycles. The van der Waals surface area contributed by atoms with Crippen LogP contribution in [0.15, 0.2) is 35.1 Å². The minimum atomic E-state index is -0.349. The highest BCUT2D eigenvalue weighted by Crippen LogP contribution is 2.09. The molecule has 0 unspecified atom stereocenters. The van der Waals surface area contributed by atoms with E-state index in [9.17, 15) is 4.79 Å². The van der Waals surface area contributed by atoms with Crippen molar-refractivity contribution in [2.75, 3.05) is 5.32 Å². The molecule has 1 aromatic heterocycles. The van der Waals surface area contributed by atoms with E-state index < -0.39 is 0 Å². The Balaban J connectivity index is 2.35. The second-order valence-electron chi connectivity index (χ2n) is 3.91. The zero-order chi connectivity index (χ0) is 14.0. The fourth-order valence-corrected chi connectivity index (χ4v) is 2.17. The van der Waals surface area contributed by atoms with Crippen molar-refractivity contribution in [2.45, 2.75) is 6.92 Å². The third-order valence-corrected chi connectivity index (χ3v) is 3.04. The standard InChI is InChI=1S/C12H12N4OS2/c1-7-9(11(17)16(15-7)12(13)19)10(18)14-8-5-3-2-4-6-8/h2-6,15H,1H3,(H2,13,19)(H,14,18). The van der Waals surface area contributed by atoms with Crippen molar-refractivity contribution >= 4 is 40.2 Å². The van der Waals surface area contributed by atoms with Crippen molar-refractivity contribution in [3.63, 3.8) is 0 Å². The van der Waals surface area contributed by atoms with E-state index in [2.05, 4.69) is 10.4 Å². The second kappa shape index (κ2) is 5.33. The van der Waals surface area contributed by atoms with Gasteiger partial charge in [-0.25, -0.2) is 0 Å². The highest BCUT2D eigenvalue weighted by molar-refractivity contribution is 7.81. The number of aromatic amines is 1. The summed E-state index contributed by atoms with van der Waals surface area (Å²) in [5.74, 6) is 0. The van der Waals surface area contributed by atoms with Crippen molar-refractivity contribution in [3.05, 3.63) is 51.9 Å². The molecule has 4 N–H and O–H groups in total. The van der Waals surface area contributed by atoms with Crippen LogP contribution in [0.1, 0.15) is 11.3 Å². The van der Waals surface area contributed by atoms with Gasteiger partial charge < -0.3 is 11.1 Å². The number of H-pyrrole nitrogens is 1. The van der Waals surface area contributed by atoms with Crippen LogP contribution in [0.4, 0.5) is 5.69 Å². The first-order valence-electron chi connectivity index (χ1n) is 5.48. The lowest BCUT2D eigenvalue weighted by atomic mass is 10.2. The summed E-state index contributed by atoms with van der Waals surface area (Å²) in [5, 5.41) is 5.76. The largest absolute Gasteiger partial charge is 0.374 e. The molecule has 0 aliphatic rings. The van der Waals surface area contributed by atoms with Crippen molar-refractivity contribution in [1.82, 2.24) is 9.78 Å². The smallest absolute Gasteiger partial charge is 0.283 e. The van der Waals surface area contributed by atoms with Crippen LogP contribution in [0.25, 0.3) is 0 Å². The maximum absolute atomic E-state index is 12.1. The number of hydrogen-bond donors (Lipinski definition) is 3. The zero-order valence-electron chi connectivity index (χ0n) is 10.1. The third-order valence-electron chi connectivity index (χ3n) is 2.55. The van der Waals surface area contributed by atoms with Crippen LogP contribution >= 0.6 is 24.4 Å². The number of nitrogens with one attached hydrogen (secondary N) is 2. The van der Waals surface area contributed by atoms with Gasteiger partial charge in [0.25, 0.3) is 5.56 Å². The first kappa shape index (κ1) is 13.4. The molecule has 0 saturated carbocycles. The number of aryl methyl sites for hydroxylation is 1. The molecule has 2 aromatic rings. The van der Waals surface area contributed by atoms with Crippen LogP contribution < -0.4 is 16.6 Å². The number of benzene rings is 1. The average Bonchev–Trinajstić information content (AvgIpc) is 2.66. The molecule has 0 fully saturated rings. The Morgan fingerprint density at radius 3 is 2.47 bits per heavy atom. The SMILES string of the molecule is Cc1[nH]n(C(N)=S)c(=O)c1C(=S)Nc1ccccc1. The molecule has 0 aliphatic heterocycles. The number of anilines is 1. The van der Waals surface area contributed by atoms with Crippen LogP contribution in [0, 0.1) is 6.92 Å². The number of hydrogen-bond acceptors (Lipinski definition) is 3. The summed E-state index contributed by atoms with van der Waals surface area (Å²) in [5.41, 5.74) is 6.90. The summed E-state index contributed by atoms with van der Waals surface area (Å²) in [6.45, 7) is 1.74. The van der Waals surface area contributed by atoms with Crippen molar-refractivity contribution < 1.29 is 0 Å². The van der Waals surface area contributed by atoms with E-state index in [-0.39, 0.29) is 10.7 Å². The first-order valence-corrected chi connectivity index (χ1v) is 6.30. The van der Waals surface area contributed by atoms with Gasteiger partial charge in [-0.2, -0.15) is 4.68 Å². The number of rotatable bonds is 2. The summed E-state index contributed by atoms with van der Waals surface area (Å²) in [6, 6.07) is 9.38. The Kier molecular flexibility index (Phi) is 3.77. The zero-order valence-corrected chi connectivity index (χ0v) is 11.8. The third kappa shape index (κ3) is 2.72. The molecule has 1 heterocycles. The van der Waals surface area contributed by atoms with Crippen molar-refractivity contribution in [3.8, 4) is 0 Å². The molecule has 98 valence electrons. The number of thiocarbonyl (C=S) groups is 2. The molecule has 7 heteroatoms. The van der Waals surface area contributed by atoms with Gasteiger partial charge in [0, 0.05) is 11.4 Å². The van der Waals surface area contributed by atoms with Gasteiger partial charge in [0.05, 0.1) is 5.56 Å². The van der Waals surface area contributed by atoms with Gasteiger partial charge in [0.2, 0.25) is 0 Å². The summed E-state index contributed by atoms with van der Waals surface area (Å²) < 4.78 is 1.10. The van der Waals surface area contributed by atoms with Gasteiger partial charge in [0.1, 0.15) is 4.99 Å². The molecule has 0 bridgehead atoms. The molecule has 19 heavy (non-hydrogen) atoms. The van der Waals surface area contributed by atoms with Gasteiger partial charge in [-0.1, -0.05) is 30.4 Å². The molecule has 0 atom stereocenters. The quantitative estimate of drug-likeness (QED) is 0.729. The molecule has 1 aromatic carbocycles. The van der Waals surface area contributed by atoms with Crippen LogP contribution in [0.2, 0.25) is 0 Å². The van der Waals surface area contributed by atoms with E-state index in [1.54, 1.807) is 6.92 Å². The van der Waals surface area contributed by atoms with Crippen LogP contribution in [0.5, 0.6) is 0 Å². The Bertz CT molecular complexity index is 688. The van der Waals surface area contributed by atoms with E-state index in [0.29, 0.717) is 16.2 Å². The van der Waals surface area contributed by atoms with Gasteiger partial charge >= 0.3 is 0 Å². The Morgan fingerprint density at radius 1 is 1.32 bits per heavy atom.